The number of fused-ring (bicyclic) bond motifs is 1. The van der Waals surface area contributed by atoms with E-state index in [9.17, 15) is 24.1 Å². The molecule has 0 fully saturated rings. The average molecular weight is 480 g/mol. The van der Waals surface area contributed by atoms with Crippen molar-refractivity contribution >= 4 is 34.4 Å². The Hall–Kier alpha value is -4.87. The van der Waals surface area contributed by atoms with E-state index < -0.39 is 29.2 Å². The second-order valence-electron chi connectivity index (χ2n) is 7.28. The van der Waals surface area contributed by atoms with E-state index in [1.807, 2.05) is 0 Å². The Morgan fingerprint density at radius 1 is 1.17 bits per heavy atom. The molecule has 0 aliphatic rings. The maximum atomic E-state index is 13.3. The number of methoxy groups -OCH3 is 1. The Kier molecular flexibility index (Phi) is 6.36. The molecule has 0 saturated heterocycles. The van der Waals surface area contributed by atoms with E-state index in [-0.39, 0.29) is 28.4 Å². The number of nitro benzene ring substituents is 1. The van der Waals surface area contributed by atoms with Gasteiger partial charge in [0.25, 0.3) is 17.3 Å². The van der Waals surface area contributed by atoms with Crippen LogP contribution >= 0.6 is 0 Å². The van der Waals surface area contributed by atoms with Gasteiger partial charge in [0, 0.05) is 11.6 Å². The predicted octanol–water partition coefficient (Wildman–Crippen LogP) is 4.05. The molecule has 2 aromatic heterocycles. The molecule has 2 heterocycles. The molecule has 0 radical (unpaired) electrons. The van der Waals surface area contributed by atoms with Crippen LogP contribution in [0.15, 0.2) is 53.1 Å². The molecule has 12 heteroatoms. The third-order valence-electron chi connectivity index (χ3n) is 4.98. The molecule has 11 nitrogen and oxygen atoms in total. The first-order valence-electron chi connectivity index (χ1n) is 10.1. The van der Waals surface area contributed by atoms with Crippen molar-refractivity contribution in [3.05, 3.63) is 75.7 Å². The highest BCUT2D eigenvalue weighted by Gasteiger charge is 2.22. The van der Waals surface area contributed by atoms with E-state index >= 15 is 0 Å². The number of amides is 1. The zero-order valence-corrected chi connectivity index (χ0v) is 18.4. The highest BCUT2D eigenvalue weighted by Crippen LogP contribution is 2.30. The Morgan fingerprint density at radius 3 is 2.60 bits per heavy atom. The van der Waals surface area contributed by atoms with E-state index in [0.29, 0.717) is 22.3 Å². The van der Waals surface area contributed by atoms with Gasteiger partial charge in [0.05, 0.1) is 46.1 Å². The number of anilines is 1. The number of rotatable bonds is 7. The van der Waals surface area contributed by atoms with Crippen molar-refractivity contribution in [3.8, 4) is 17.0 Å². The molecule has 178 valence electrons. The maximum Gasteiger partial charge on any atom is 0.339 e. The van der Waals surface area contributed by atoms with Crippen molar-refractivity contribution in [3.63, 3.8) is 0 Å². The molecule has 0 atom stereocenters. The van der Waals surface area contributed by atoms with Gasteiger partial charge in [-0.3, -0.25) is 14.9 Å². The van der Waals surface area contributed by atoms with Gasteiger partial charge in [0.15, 0.2) is 6.61 Å². The molecule has 2 aromatic carbocycles. The fourth-order valence-electron chi connectivity index (χ4n) is 3.32. The van der Waals surface area contributed by atoms with Gasteiger partial charge in [0.1, 0.15) is 11.6 Å². The minimum atomic E-state index is -0.835. The zero-order chi connectivity index (χ0) is 25.1. The highest BCUT2D eigenvalue weighted by molar-refractivity contribution is 6.05. The van der Waals surface area contributed by atoms with Crippen LogP contribution in [0.5, 0.6) is 5.75 Å². The van der Waals surface area contributed by atoms with Gasteiger partial charge >= 0.3 is 5.97 Å². The number of nitrogens with one attached hydrogen (secondary N) is 1. The molecule has 1 amide bonds. The van der Waals surface area contributed by atoms with Crippen LogP contribution in [-0.4, -0.2) is 40.7 Å². The number of carbonyl (C=O) groups is 2. The number of nitro groups is 1. The van der Waals surface area contributed by atoms with Gasteiger partial charge in [0.2, 0.25) is 0 Å². The molecule has 0 spiro atoms. The van der Waals surface area contributed by atoms with Crippen molar-refractivity contribution in [2.75, 3.05) is 19.0 Å². The first-order chi connectivity index (χ1) is 16.8. The van der Waals surface area contributed by atoms with Crippen LogP contribution in [0, 0.1) is 22.9 Å². The number of aromatic nitrogens is 2. The third kappa shape index (κ3) is 4.90. The number of benzene rings is 2. The molecule has 4 aromatic rings. The number of non-ortho nitro benzene ring substituents is 1. The summed E-state index contributed by atoms with van der Waals surface area (Å²) in [6.45, 7) is 0.967. The van der Waals surface area contributed by atoms with Gasteiger partial charge in [-0.25, -0.2) is 14.2 Å². The molecule has 4 rings (SSSR count). The standard InChI is InChI=1S/C23H17FN4O7/c1-12-21-16(10-18(26-22(21)35-27-12)13-3-5-14(24)6-4-13)23(30)34-11-20(29)25-17-8-7-15(28(31)32)9-19(17)33-2/h3-10H,11H2,1-2H3,(H,25,29). The Balaban J connectivity index is 1.54. The number of halogens is 1. The zero-order valence-electron chi connectivity index (χ0n) is 18.4. The first kappa shape index (κ1) is 23.3. The van der Waals surface area contributed by atoms with Crippen molar-refractivity contribution < 1.29 is 32.9 Å². The van der Waals surface area contributed by atoms with Crippen molar-refractivity contribution in [2.24, 2.45) is 0 Å². The molecule has 0 unspecified atom stereocenters. The van der Waals surface area contributed by atoms with Gasteiger partial charge in [-0.15, -0.1) is 0 Å². The van der Waals surface area contributed by atoms with Crippen LogP contribution in [0.2, 0.25) is 0 Å². The minimum absolute atomic E-state index is 0.0637. The monoisotopic (exact) mass is 480 g/mol. The van der Waals surface area contributed by atoms with E-state index in [0.717, 1.165) is 6.07 Å². The summed E-state index contributed by atoms with van der Waals surface area (Å²) >= 11 is 0. The van der Waals surface area contributed by atoms with E-state index in [1.165, 1.54) is 49.6 Å². The quantitative estimate of drug-likeness (QED) is 0.235. The average Bonchev–Trinajstić information content (AvgIpc) is 3.23. The fourth-order valence-corrected chi connectivity index (χ4v) is 3.32. The summed E-state index contributed by atoms with van der Waals surface area (Å²) in [7, 11) is 1.30. The molecule has 0 bridgehead atoms. The summed E-state index contributed by atoms with van der Waals surface area (Å²) in [4.78, 5) is 39.9. The van der Waals surface area contributed by atoms with Gasteiger partial charge in [-0.2, -0.15) is 0 Å². The Bertz CT molecular complexity index is 1450. The summed E-state index contributed by atoms with van der Waals surface area (Å²) in [5.41, 5.74) is 1.34. The molecule has 1 N–H and O–H groups in total. The lowest BCUT2D eigenvalue weighted by Crippen LogP contribution is -2.21. The SMILES string of the molecule is COc1cc([N+](=O)[O-])ccc1NC(=O)COC(=O)c1cc(-c2ccc(F)cc2)nc2onc(C)c12. The fraction of sp³-hybridized carbons (Fsp3) is 0.130. The van der Waals surface area contributed by atoms with Crippen molar-refractivity contribution in [1.29, 1.82) is 0 Å². The topological polar surface area (TPSA) is 147 Å². The molecule has 0 aliphatic heterocycles. The summed E-state index contributed by atoms with van der Waals surface area (Å²) in [6.07, 6.45) is 0. The van der Waals surface area contributed by atoms with Crippen LogP contribution in [0.25, 0.3) is 22.4 Å². The summed E-state index contributed by atoms with van der Waals surface area (Å²) in [5, 5.41) is 17.5. The number of aryl methyl sites for hydroxylation is 1. The van der Waals surface area contributed by atoms with E-state index in [2.05, 4.69) is 15.5 Å². The maximum absolute atomic E-state index is 13.3. The minimum Gasteiger partial charge on any atom is -0.494 e. The predicted molar refractivity (Wildman–Crippen MR) is 120 cm³/mol. The number of pyridine rings is 1. The third-order valence-corrected chi connectivity index (χ3v) is 4.98. The number of ether oxygens (including phenoxy) is 2. The number of nitrogens with zero attached hydrogens (tertiary/aromatic N) is 3. The number of esters is 1. The number of hydrogen-bond donors (Lipinski definition) is 1. The smallest absolute Gasteiger partial charge is 0.339 e. The van der Waals surface area contributed by atoms with E-state index in [1.54, 1.807) is 6.92 Å². The van der Waals surface area contributed by atoms with E-state index in [4.69, 9.17) is 14.0 Å². The van der Waals surface area contributed by atoms with Gasteiger partial charge < -0.3 is 19.3 Å². The summed E-state index contributed by atoms with van der Waals surface area (Å²) in [5.74, 6) is -1.89. The van der Waals surface area contributed by atoms with Crippen LogP contribution in [0.1, 0.15) is 16.1 Å². The second kappa shape index (κ2) is 9.55. The largest absolute Gasteiger partial charge is 0.494 e. The van der Waals surface area contributed by atoms with Crippen LogP contribution in [0.3, 0.4) is 0 Å². The molecular weight excluding hydrogens is 463 g/mol. The normalized spacial score (nSPS) is 10.7. The molecule has 0 saturated carbocycles. The summed E-state index contributed by atoms with van der Waals surface area (Å²) in [6, 6.07) is 10.6. The Labute approximate surface area is 196 Å². The van der Waals surface area contributed by atoms with Crippen LogP contribution in [0.4, 0.5) is 15.8 Å². The second-order valence-corrected chi connectivity index (χ2v) is 7.28. The van der Waals surface area contributed by atoms with Gasteiger partial charge in [-0.05, 0) is 43.3 Å². The highest BCUT2D eigenvalue weighted by atomic mass is 19.1. The van der Waals surface area contributed by atoms with Gasteiger partial charge in [-0.1, -0.05) is 5.16 Å². The lowest BCUT2D eigenvalue weighted by atomic mass is 10.1. The molecule has 35 heavy (non-hydrogen) atoms. The number of hydrogen-bond acceptors (Lipinski definition) is 9. The molecular formula is C23H17FN4O7. The summed E-state index contributed by atoms with van der Waals surface area (Å²) < 4.78 is 28.8. The van der Waals surface area contributed by atoms with Crippen LogP contribution < -0.4 is 10.1 Å². The first-order valence-corrected chi connectivity index (χ1v) is 10.1. The van der Waals surface area contributed by atoms with Crippen molar-refractivity contribution in [1.82, 2.24) is 10.1 Å². The number of carbonyl (C=O) groups excluding carboxylic acids is 2. The lowest BCUT2D eigenvalue weighted by molar-refractivity contribution is -0.384. The Morgan fingerprint density at radius 2 is 1.91 bits per heavy atom. The molecule has 0 aliphatic carbocycles. The van der Waals surface area contributed by atoms with Crippen LogP contribution in [-0.2, 0) is 9.53 Å². The van der Waals surface area contributed by atoms with Crippen molar-refractivity contribution in [2.45, 2.75) is 6.92 Å². The lowest BCUT2D eigenvalue weighted by Gasteiger charge is -2.11.